The van der Waals surface area contributed by atoms with E-state index < -0.39 is 0 Å². The fourth-order valence-electron chi connectivity index (χ4n) is 0.930. The third-order valence-corrected chi connectivity index (χ3v) is 2.80. The van der Waals surface area contributed by atoms with Gasteiger partial charge in [-0.2, -0.15) is 0 Å². The van der Waals surface area contributed by atoms with Gasteiger partial charge in [-0.25, -0.2) is 0 Å². The first-order valence-electron chi connectivity index (χ1n) is 4.32. The molecule has 0 spiro atoms. The number of halogens is 3. The molecule has 0 aliphatic heterocycles. The van der Waals surface area contributed by atoms with Crippen LogP contribution in [-0.4, -0.2) is 32.1 Å². The minimum Gasteiger partial charge on any atom is -0.491 e. The summed E-state index contributed by atoms with van der Waals surface area (Å²) in [6.45, 7) is 1.62. The largest absolute Gasteiger partial charge is 0.491 e. The molecule has 0 amide bonds. The molecule has 0 bridgehead atoms. The molecule has 0 aliphatic rings. The number of hydrogen-bond acceptors (Lipinski definition) is 2. The van der Waals surface area contributed by atoms with E-state index in [0.29, 0.717) is 6.61 Å². The van der Waals surface area contributed by atoms with Crippen molar-refractivity contribution < 1.29 is 4.74 Å². The predicted octanol–water partition coefficient (Wildman–Crippen LogP) is 3.57. The minimum absolute atomic E-state index is 0. The highest BCUT2D eigenvalue weighted by molar-refractivity contribution is 9.11. The first-order chi connectivity index (χ1) is 6.59. The maximum absolute atomic E-state index is 5.59. The Morgan fingerprint density at radius 3 is 2.47 bits per heavy atom. The molecule has 0 aromatic heterocycles. The normalized spacial score (nSPS) is 9.93. The van der Waals surface area contributed by atoms with Gasteiger partial charge in [0.15, 0.2) is 0 Å². The van der Waals surface area contributed by atoms with Crippen molar-refractivity contribution in [1.82, 2.24) is 4.90 Å². The zero-order valence-corrected chi connectivity index (χ0v) is 12.7. The molecule has 2 nitrogen and oxygen atoms in total. The standard InChI is InChI=1S/C10H13Br2NO.ClH/c1-13(2)5-6-14-10-4-3-8(11)7-9(10)12;/h3-4,7H,5-6H2,1-2H3;1H. The lowest BCUT2D eigenvalue weighted by Gasteiger charge is -2.12. The average Bonchev–Trinajstić information content (AvgIpc) is 2.08. The summed E-state index contributed by atoms with van der Waals surface area (Å²) in [6.07, 6.45) is 0. The van der Waals surface area contributed by atoms with Crippen LogP contribution in [0.3, 0.4) is 0 Å². The van der Waals surface area contributed by atoms with Crippen LogP contribution in [0.2, 0.25) is 0 Å². The van der Waals surface area contributed by atoms with Gasteiger partial charge >= 0.3 is 0 Å². The van der Waals surface area contributed by atoms with Crippen LogP contribution in [0.25, 0.3) is 0 Å². The van der Waals surface area contributed by atoms with Crippen molar-refractivity contribution >= 4 is 44.3 Å². The second-order valence-corrected chi connectivity index (χ2v) is 5.00. The quantitative estimate of drug-likeness (QED) is 0.815. The SMILES string of the molecule is CN(C)CCOc1ccc(Br)cc1Br.Cl. The third kappa shape index (κ3) is 5.76. The summed E-state index contributed by atoms with van der Waals surface area (Å²) < 4.78 is 7.62. The van der Waals surface area contributed by atoms with E-state index in [1.165, 1.54) is 0 Å². The van der Waals surface area contributed by atoms with Crippen molar-refractivity contribution in [2.45, 2.75) is 0 Å². The number of likely N-dealkylation sites (N-methyl/N-ethyl adjacent to an activating group) is 1. The summed E-state index contributed by atoms with van der Waals surface area (Å²) in [5, 5.41) is 0. The van der Waals surface area contributed by atoms with Gasteiger partial charge in [0.2, 0.25) is 0 Å². The summed E-state index contributed by atoms with van der Waals surface area (Å²) in [5.41, 5.74) is 0. The Bertz CT molecular complexity index is 307. The number of hydrogen-bond donors (Lipinski definition) is 0. The molecule has 86 valence electrons. The van der Waals surface area contributed by atoms with Crippen LogP contribution in [-0.2, 0) is 0 Å². The smallest absolute Gasteiger partial charge is 0.133 e. The van der Waals surface area contributed by atoms with Crippen LogP contribution in [0.15, 0.2) is 27.1 Å². The van der Waals surface area contributed by atoms with Gasteiger partial charge in [0.25, 0.3) is 0 Å². The summed E-state index contributed by atoms with van der Waals surface area (Å²) in [7, 11) is 4.06. The minimum atomic E-state index is 0. The first kappa shape index (κ1) is 15.2. The second kappa shape index (κ2) is 7.49. The number of rotatable bonds is 4. The van der Waals surface area contributed by atoms with Crippen molar-refractivity contribution in [2.75, 3.05) is 27.2 Å². The van der Waals surface area contributed by atoms with Gasteiger partial charge in [-0.1, -0.05) is 15.9 Å². The number of nitrogens with zero attached hydrogens (tertiary/aromatic N) is 1. The van der Waals surface area contributed by atoms with Crippen molar-refractivity contribution in [3.63, 3.8) is 0 Å². The lowest BCUT2D eigenvalue weighted by atomic mass is 10.3. The highest BCUT2D eigenvalue weighted by Gasteiger charge is 2.01. The van der Waals surface area contributed by atoms with E-state index in [1.807, 2.05) is 32.3 Å². The lowest BCUT2D eigenvalue weighted by Crippen LogP contribution is -2.19. The first-order valence-corrected chi connectivity index (χ1v) is 5.91. The molecule has 0 N–H and O–H groups in total. The van der Waals surface area contributed by atoms with Crippen molar-refractivity contribution in [3.8, 4) is 5.75 Å². The van der Waals surface area contributed by atoms with Gasteiger partial charge in [-0.05, 0) is 48.2 Å². The van der Waals surface area contributed by atoms with E-state index in [-0.39, 0.29) is 12.4 Å². The zero-order valence-electron chi connectivity index (χ0n) is 8.67. The summed E-state index contributed by atoms with van der Waals surface area (Å²) in [4.78, 5) is 2.09. The Morgan fingerprint density at radius 2 is 1.93 bits per heavy atom. The van der Waals surface area contributed by atoms with Gasteiger partial charge in [0.1, 0.15) is 12.4 Å². The summed E-state index contributed by atoms with van der Waals surface area (Å²) >= 11 is 6.84. The van der Waals surface area contributed by atoms with Crippen molar-refractivity contribution in [2.24, 2.45) is 0 Å². The van der Waals surface area contributed by atoms with E-state index in [9.17, 15) is 0 Å². The number of benzene rings is 1. The summed E-state index contributed by atoms with van der Waals surface area (Å²) in [6, 6.07) is 5.89. The molecule has 0 unspecified atom stereocenters. The van der Waals surface area contributed by atoms with E-state index in [2.05, 4.69) is 36.8 Å². The molecule has 5 heteroatoms. The Balaban J connectivity index is 0.00000196. The molecule has 0 saturated carbocycles. The molecule has 0 aliphatic carbocycles. The van der Waals surface area contributed by atoms with Gasteiger partial charge < -0.3 is 9.64 Å². The molecule has 0 fully saturated rings. The molecule has 1 aromatic rings. The Hall–Kier alpha value is 0.230. The molecule has 1 rings (SSSR count). The van der Waals surface area contributed by atoms with Gasteiger partial charge in [-0.15, -0.1) is 12.4 Å². The molecule has 0 radical (unpaired) electrons. The Labute approximate surface area is 114 Å². The van der Waals surface area contributed by atoms with Gasteiger partial charge in [0.05, 0.1) is 4.47 Å². The second-order valence-electron chi connectivity index (χ2n) is 3.23. The third-order valence-electron chi connectivity index (χ3n) is 1.69. The predicted molar refractivity (Wildman–Crippen MR) is 73.1 cm³/mol. The maximum Gasteiger partial charge on any atom is 0.133 e. The highest BCUT2D eigenvalue weighted by Crippen LogP contribution is 2.27. The molecule has 0 saturated heterocycles. The molecular formula is C10H14Br2ClNO. The summed E-state index contributed by atoms with van der Waals surface area (Å²) in [5.74, 6) is 0.884. The van der Waals surface area contributed by atoms with Crippen molar-refractivity contribution in [1.29, 1.82) is 0 Å². The monoisotopic (exact) mass is 357 g/mol. The van der Waals surface area contributed by atoms with Crippen LogP contribution in [0.1, 0.15) is 0 Å². The van der Waals surface area contributed by atoms with Crippen LogP contribution < -0.4 is 4.74 Å². The van der Waals surface area contributed by atoms with E-state index in [4.69, 9.17) is 4.74 Å². The molecule has 15 heavy (non-hydrogen) atoms. The Morgan fingerprint density at radius 1 is 1.27 bits per heavy atom. The molecule has 1 aromatic carbocycles. The molecule has 0 atom stereocenters. The lowest BCUT2D eigenvalue weighted by molar-refractivity contribution is 0.260. The van der Waals surface area contributed by atoms with Gasteiger partial charge in [-0.3, -0.25) is 0 Å². The van der Waals surface area contributed by atoms with E-state index in [1.54, 1.807) is 0 Å². The van der Waals surface area contributed by atoms with E-state index >= 15 is 0 Å². The maximum atomic E-state index is 5.59. The zero-order chi connectivity index (χ0) is 10.6. The fourth-order valence-corrected chi connectivity index (χ4v) is 2.09. The fraction of sp³-hybridized carbons (Fsp3) is 0.400. The van der Waals surface area contributed by atoms with Crippen LogP contribution in [0.5, 0.6) is 5.75 Å². The highest BCUT2D eigenvalue weighted by atomic mass is 79.9. The van der Waals surface area contributed by atoms with E-state index in [0.717, 1.165) is 21.2 Å². The molecule has 0 heterocycles. The topological polar surface area (TPSA) is 12.5 Å². The van der Waals surface area contributed by atoms with Crippen molar-refractivity contribution in [3.05, 3.63) is 27.1 Å². The average molecular weight is 359 g/mol. The van der Waals surface area contributed by atoms with Gasteiger partial charge in [0, 0.05) is 11.0 Å². The van der Waals surface area contributed by atoms with Crippen LogP contribution in [0, 0.1) is 0 Å². The van der Waals surface area contributed by atoms with Crippen LogP contribution in [0.4, 0.5) is 0 Å². The number of ether oxygens (including phenoxy) is 1. The molecular weight excluding hydrogens is 345 g/mol. The Kier molecular flexibility index (Phi) is 7.61. The van der Waals surface area contributed by atoms with Crippen LogP contribution >= 0.6 is 44.3 Å².